The number of carbonyl (C=O) groups is 1. The summed E-state index contributed by atoms with van der Waals surface area (Å²) in [5.41, 5.74) is 2.85. The predicted octanol–water partition coefficient (Wildman–Crippen LogP) is 5.10. The minimum Gasteiger partial charge on any atom is -0.478 e. The molecule has 0 amide bonds. The molecular formula is C19H18O3. The summed E-state index contributed by atoms with van der Waals surface area (Å²) < 4.78 is 5.79. The van der Waals surface area contributed by atoms with Gasteiger partial charge >= 0.3 is 5.97 Å². The summed E-state index contributed by atoms with van der Waals surface area (Å²) in [6.45, 7) is 6.43. The first-order chi connectivity index (χ1) is 10.4. The molecule has 0 aliphatic rings. The summed E-state index contributed by atoms with van der Waals surface area (Å²) >= 11 is 0. The first-order valence-corrected chi connectivity index (χ1v) is 7.23. The molecule has 0 saturated carbocycles. The Balaban J connectivity index is 2.18. The third-order valence-electron chi connectivity index (χ3n) is 3.82. The molecule has 112 valence electrons. The Morgan fingerprint density at radius 2 is 1.64 bits per heavy atom. The van der Waals surface area contributed by atoms with Crippen LogP contribution in [0.1, 0.15) is 36.7 Å². The number of carboxylic acid groups (broad SMARTS) is 1. The van der Waals surface area contributed by atoms with Crippen molar-refractivity contribution in [3.8, 4) is 11.3 Å². The van der Waals surface area contributed by atoms with Crippen molar-refractivity contribution in [2.45, 2.75) is 26.2 Å². The van der Waals surface area contributed by atoms with Gasteiger partial charge in [-0.15, -0.1) is 0 Å². The zero-order valence-electron chi connectivity index (χ0n) is 12.9. The lowest BCUT2D eigenvalue weighted by Gasteiger charge is -2.18. The van der Waals surface area contributed by atoms with Gasteiger partial charge in [0.25, 0.3) is 0 Å². The summed E-state index contributed by atoms with van der Waals surface area (Å²) in [7, 11) is 0. The van der Waals surface area contributed by atoms with E-state index in [1.165, 1.54) is 5.56 Å². The highest BCUT2D eigenvalue weighted by atomic mass is 16.4. The van der Waals surface area contributed by atoms with E-state index >= 15 is 0 Å². The molecular weight excluding hydrogens is 276 g/mol. The molecule has 0 aliphatic heterocycles. The number of para-hydroxylation sites is 1. The molecule has 1 N–H and O–H groups in total. The fourth-order valence-corrected chi connectivity index (χ4v) is 2.58. The summed E-state index contributed by atoms with van der Waals surface area (Å²) in [6, 6.07) is 15.1. The number of furan rings is 1. The lowest BCUT2D eigenvalue weighted by Crippen LogP contribution is -2.10. The maximum absolute atomic E-state index is 11.6. The first kappa shape index (κ1) is 14.4. The third-order valence-corrected chi connectivity index (χ3v) is 3.82. The largest absolute Gasteiger partial charge is 0.478 e. The molecule has 0 spiro atoms. The van der Waals surface area contributed by atoms with E-state index < -0.39 is 5.97 Å². The Bertz CT molecular complexity index is 833. The maximum atomic E-state index is 11.6. The molecule has 22 heavy (non-hydrogen) atoms. The van der Waals surface area contributed by atoms with Crippen LogP contribution in [0, 0.1) is 0 Å². The average molecular weight is 294 g/mol. The predicted molar refractivity (Wildman–Crippen MR) is 87.3 cm³/mol. The maximum Gasteiger partial charge on any atom is 0.340 e. The molecule has 0 atom stereocenters. The number of hydrogen-bond acceptors (Lipinski definition) is 2. The zero-order valence-corrected chi connectivity index (χ0v) is 12.9. The van der Waals surface area contributed by atoms with Crippen molar-refractivity contribution in [1.29, 1.82) is 0 Å². The minimum atomic E-state index is -0.972. The Morgan fingerprint density at radius 1 is 1.00 bits per heavy atom. The topological polar surface area (TPSA) is 50.4 Å². The van der Waals surface area contributed by atoms with Crippen molar-refractivity contribution in [3.63, 3.8) is 0 Å². The van der Waals surface area contributed by atoms with Crippen molar-refractivity contribution in [2.24, 2.45) is 0 Å². The van der Waals surface area contributed by atoms with Gasteiger partial charge in [-0.25, -0.2) is 4.79 Å². The number of carboxylic acids is 1. The minimum absolute atomic E-state index is 0.0576. The molecule has 1 heterocycles. The van der Waals surface area contributed by atoms with Gasteiger partial charge in [0.1, 0.15) is 16.9 Å². The van der Waals surface area contributed by atoms with Gasteiger partial charge in [-0.2, -0.15) is 0 Å². The van der Waals surface area contributed by atoms with Crippen molar-refractivity contribution < 1.29 is 14.3 Å². The van der Waals surface area contributed by atoms with Crippen LogP contribution in [0.15, 0.2) is 52.9 Å². The number of fused-ring (bicyclic) bond motifs is 1. The fourth-order valence-electron chi connectivity index (χ4n) is 2.58. The van der Waals surface area contributed by atoms with Crippen LogP contribution >= 0.6 is 0 Å². The van der Waals surface area contributed by atoms with Crippen LogP contribution in [-0.2, 0) is 5.41 Å². The Hall–Kier alpha value is -2.55. The van der Waals surface area contributed by atoms with E-state index in [1.807, 2.05) is 36.4 Å². The Labute approximate surface area is 129 Å². The average Bonchev–Trinajstić information content (AvgIpc) is 2.86. The summed E-state index contributed by atoms with van der Waals surface area (Å²) in [4.78, 5) is 11.6. The third kappa shape index (κ3) is 2.39. The van der Waals surface area contributed by atoms with E-state index in [-0.39, 0.29) is 11.0 Å². The molecule has 0 unspecified atom stereocenters. The van der Waals surface area contributed by atoms with Gasteiger partial charge in [0.15, 0.2) is 0 Å². The van der Waals surface area contributed by atoms with Crippen LogP contribution in [0.4, 0.5) is 0 Å². The second kappa shape index (κ2) is 5.02. The van der Waals surface area contributed by atoms with Gasteiger partial charge in [0.2, 0.25) is 0 Å². The molecule has 2 aromatic carbocycles. The van der Waals surface area contributed by atoms with E-state index in [2.05, 4.69) is 20.8 Å². The Kier molecular flexibility index (Phi) is 3.28. The number of benzene rings is 2. The van der Waals surface area contributed by atoms with Crippen molar-refractivity contribution in [1.82, 2.24) is 0 Å². The molecule has 1 aromatic heterocycles. The van der Waals surface area contributed by atoms with Gasteiger partial charge in [0, 0.05) is 10.9 Å². The highest BCUT2D eigenvalue weighted by molar-refractivity contribution is 6.07. The van der Waals surface area contributed by atoms with E-state index in [0.717, 1.165) is 5.56 Å². The first-order valence-electron chi connectivity index (χ1n) is 7.23. The van der Waals surface area contributed by atoms with Crippen LogP contribution < -0.4 is 0 Å². The summed E-state index contributed by atoms with van der Waals surface area (Å²) in [5.74, 6) is -0.561. The summed E-state index contributed by atoms with van der Waals surface area (Å²) in [5, 5.41) is 10.2. The quantitative estimate of drug-likeness (QED) is 0.715. The van der Waals surface area contributed by atoms with Crippen molar-refractivity contribution in [2.75, 3.05) is 0 Å². The number of hydrogen-bond donors (Lipinski definition) is 1. The van der Waals surface area contributed by atoms with Crippen molar-refractivity contribution >= 4 is 16.9 Å². The van der Waals surface area contributed by atoms with Gasteiger partial charge in [-0.1, -0.05) is 63.2 Å². The molecule has 3 nitrogen and oxygen atoms in total. The van der Waals surface area contributed by atoms with Crippen LogP contribution in [-0.4, -0.2) is 11.1 Å². The van der Waals surface area contributed by atoms with E-state index in [0.29, 0.717) is 16.7 Å². The van der Waals surface area contributed by atoms with Gasteiger partial charge in [-0.05, 0) is 17.0 Å². The van der Waals surface area contributed by atoms with Gasteiger partial charge in [-0.3, -0.25) is 0 Å². The number of rotatable bonds is 2. The van der Waals surface area contributed by atoms with Gasteiger partial charge < -0.3 is 9.52 Å². The highest BCUT2D eigenvalue weighted by Crippen LogP contribution is 2.34. The van der Waals surface area contributed by atoms with Crippen LogP contribution in [0.25, 0.3) is 22.3 Å². The number of aromatic carboxylic acids is 1. The second-order valence-corrected chi connectivity index (χ2v) is 6.43. The lowest BCUT2D eigenvalue weighted by atomic mass is 9.86. The van der Waals surface area contributed by atoms with E-state index in [1.54, 1.807) is 12.1 Å². The smallest absolute Gasteiger partial charge is 0.340 e. The highest BCUT2D eigenvalue weighted by Gasteiger charge is 2.22. The van der Waals surface area contributed by atoms with Crippen LogP contribution in [0.5, 0.6) is 0 Å². The Morgan fingerprint density at radius 3 is 2.23 bits per heavy atom. The lowest BCUT2D eigenvalue weighted by molar-refractivity contribution is 0.0699. The van der Waals surface area contributed by atoms with Gasteiger partial charge in [0.05, 0.1) is 0 Å². The molecule has 0 bridgehead atoms. The van der Waals surface area contributed by atoms with Crippen LogP contribution in [0.2, 0.25) is 0 Å². The van der Waals surface area contributed by atoms with E-state index in [9.17, 15) is 9.90 Å². The van der Waals surface area contributed by atoms with Crippen LogP contribution in [0.3, 0.4) is 0 Å². The SMILES string of the molecule is CC(C)(C)c1ccc(-c2oc3ccccc3c2C(=O)O)cc1. The molecule has 0 saturated heterocycles. The van der Waals surface area contributed by atoms with E-state index in [4.69, 9.17) is 4.42 Å². The monoisotopic (exact) mass is 294 g/mol. The van der Waals surface area contributed by atoms with Crippen molar-refractivity contribution in [3.05, 3.63) is 59.7 Å². The second-order valence-electron chi connectivity index (χ2n) is 6.43. The standard InChI is InChI=1S/C19H18O3/c1-19(2,3)13-10-8-12(9-11-13)17-16(18(20)21)14-6-4-5-7-15(14)22-17/h4-11H,1-3H3,(H,20,21). The zero-order chi connectivity index (χ0) is 15.9. The molecule has 0 aliphatic carbocycles. The fraction of sp³-hybridized carbons (Fsp3) is 0.211. The normalized spacial score (nSPS) is 11.8. The summed E-state index contributed by atoms with van der Waals surface area (Å²) in [6.07, 6.45) is 0. The molecule has 0 fully saturated rings. The molecule has 3 aromatic rings. The molecule has 3 heteroatoms. The molecule has 0 radical (unpaired) electrons. The molecule has 3 rings (SSSR count).